The van der Waals surface area contributed by atoms with Crippen molar-refractivity contribution in [3.05, 3.63) is 52.8 Å². The summed E-state index contributed by atoms with van der Waals surface area (Å²) >= 11 is 5.37. The number of nitrogens with zero attached hydrogens (tertiary/aromatic N) is 2. The molecule has 0 atom stereocenters. The van der Waals surface area contributed by atoms with Crippen molar-refractivity contribution >= 4 is 23.8 Å². The average Bonchev–Trinajstić information content (AvgIpc) is 3.45. The fourth-order valence-electron chi connectivity index (χ4n) is 4.26. The number of fused-ring (bicyclic) bond motifs is 1. The fourth-order valence-corrected chi connectivity index (χ4v) is 4.48. The first-order valence-corrected chi connectivity index (χ1v) is 11.0. The zero-order chi connectivity index (χ0) is 21.4. The van der Waals surface area contributed by atoms with Gasteiger partial charge >= 0.3 is 0 Å². The molecular weight excluding hydrogens is 412 g/mol. The van der Waals surface area contributed by atoms with E-state index in [9.17, 15) is 4.79 Å². The number of carbonyl (C=O) groups is 1. The topological polar surface area (TPSA) is 81.2 Å². The molecule has 0 saturated heterocycles. The van der Waals surface area contributed by atoms with E-state index in [-0.39, 0.29) is 12.3 Å². The van der Waals surface area contributed by atoms with Crippen molar-refractivity contribution in [1.82, 2.24) is 14.8 Å². The fraction of sp³-hybridized carbons (Fsp3) is 0.348. The van der Waals surface area contributed by atoms with Gasteiger partial charge in [-0.1, -0.05) is 23.8 Å². The molecule has 0 bridgehead atoms. The number of aromatic amines is 1. The van der Waals surface area contributed by atoms with Crippen LogP contribution < -0.4 is 14.8 Å². The minimum absolute atomic E-state index is 0.104. The molecular formula is C23H24N4O3S. The third-order valence-electron chi connectivity index (χ3n) is 5.78. The van der Waals surface area contributed by atoms with Crippen molar-refractivity contribution in [2.75, 3.05) is 5.32 Å². The number of anilines is 1. The predicted molar refractivity (Wildman–Crippen MR) is 120 cm³/mol. The molecule has 1 aromatic heterocycles. The summed E-state index contributed by atoms with van der Waals surface area (Å²) in [5.74, 6) is 1.56. The minimum atomic E-state index is -0.505. The summed E-state index contributed by atoms with van der Waals surface area (Å²) < 4.78 is 14.5. The first kappa shape index (κ1) is 19.8. The van der Waals surface area contributed by atoms with Crippen LogP contribution in [0.1, 0.15) is 37.7 Å². The smallest absolute Gasteiger partial charge is 0.251 e. The molecule has 5 rings (SSSR count). The maximum atomic E-state index is 12.6. The van der Waals surface area contributed by atoms with Gasteiger partial charge < -0.3 is 14.8 Å². The normalized spacial score (nSPS) is 16.0. The highest BCUT2D eigenvalue weighted by atomic mass is 32.1. The number of H-pyrrole nitrogens is 1. The number of ether oxygens (including phenoxy) is 2. The van der Waals surface area contributed by atoms with Crippen LogP contribution in [0.25, 0.3) is 11.4 Å². The summed E-state index contributed by atoms with van der Waals surface area (Å²) in [5.41, 5.74) is 2.79. The van der Waals surface area contributed by atoms with Gasteiger partial charge in [0.2, 0.25) is 5.91 Å². The number of rotatable bonds is 5. The van der Waals surface area contributed by atoms with E-state index < -0.39 is 5.79 Å². The quantitative estimate of drug-likeness (QED) is 0.551. The number of aryl methyl sites for hydroxylation is 1. The molecule has 1 aliphatic carbocycles. The Balaban J connectivity index is 1.25. The van der Waals surface area contributed by atoms with Crippen LogP contribution in [0.2, 0.25) is 0 Å². The lowest BCUT2D eigenvalue weighted by Crippen LogP contribution is -2.34. The van der Waals surface area contributed by atoms with Gasteiger partial charge in [-0.2, -0.15) is 5.10 Å². The molecule has 1 spiro atoms. The van der Waals surface area contributed by atoms with Crippen LogP contribution in [-0.4, -0.2) is 26.5 Å². The second kappa shape index (κ2) is 7.85. The molecule has 1 aliphatic heterocycles. The van der Waals surface area contributed by atoms with E-state index in [1.807, 2.05) is 54.0 Å². The molecule has 160 valence electrons. The van der Waals surface area contributed by atoms with Gasteiger partial charge in [-0.05, 0) is 50.2 Å². The van der Waals surface area contributed by atoms with Crippen LogP contribution in [0.3, 0.4) is 0 Å². The number of aromatic nitrogens is 3. The van der Waals surface area contributed by atoms with Gasteiger partial charge in [0.05, 0.1) is 0 Å². The Labute approximate surface area is 185 Å². The monoisotopic (exact) mass is 436 g/mol. The van der Waals surface area contributed by atoms with Crippen molar-refractivity contribution < 1.29 is 14.3 Å². The highest BCUT2D eigenvalue weighted by molar-refractivity contribution is 7.71. The van der Waals surface area contributed by atoms with E-state index in [1.165, 1.54) is 0 Å². The van der Waals surface area contributed by atoms with E-state index in [4.69, 9.17) is 21.7 Å². The first-order chi connectivity index (χ1) is 15.0. The highest BCUT2D eigenvalue weighted by Gasteiger charge is 2.44. The Morgan fingerprint density at radius 2 is 2.00 bits per heavy atom. The van der Waals surface area contributed by atoms with E-state index in [0.717, 1.165) is 48.4 Å². The van der Waals surface area contributed by atoms with E-state index in [2.05, 4.69) is 15.5 Å². The Kier molecular flexibility index (Phi) is 5.02. The maximum absolute atomic E-state index is 12.6. The average molecular weight is 437 g/mol. The molecule has 1 saturated carbocycles. The Hall–Kier alpha value is -3.13. The maximum Gasteiger partial charge on any atom is 0.251 e. The van der Waals surface area contributed by atoms with Gasteiger partial charge in [0.25, 0.3) is 5.79 Å². The van der Waals surface area contributed by atoms with Gasteiger partial charge in [0.1, 0.15) is 0 Å². The van der Waals surface area contributed by atoms with E-state index in [1.54, 1.807) is 0 Å². The number of hydrogen-bond donors (Lipinski definition) is 2. The largest absolute Gasteiger partial charge is 0.448 e. The molecule has 2 aliphatic rings. The van der Waals surface area contributed by atoms with Crippen molar-refractivity contribution in [3.8, 4) is 22.9 Å². The minimum Gasteiger partial charge on any atom is -0.448 e. The van der Waals surface area contributed by atoms with Crippen LogP contribution in [-0.2, 0) is 11.3 Å². The summed E-state index contributed by atoms with van der Waals surface area (Å²) in [6.07, 6.45) is 4.29. The summed E-state index contributed by atoms with van der Waals surface area (Å²) in [5, 5.41) is 10.1. The second-order valence-electron chi connectivity index (χ2n) is 8.16. The molecule has 0 unspecified atom stereocenters. The molecule has 31 heavy (non-hydrogen) atoms. The van der Waals surface area contributed by atoms with Crippen LogP contribution >= 0.6 is 12.2 Å². The molecule has 7 nitrogen and oxygen atoms in total. The lowest BCUT2D eigenvalue weighted by molar-refractivity contribution is -0.116. The van der Waals surface area contributed by atoms with Crippen LogP contribution in [0.5, 0.6) is 11.5 Å². The molecule has 0 radical (unpaired) electrons. The lowest BCUT2D eigenvalue weighted by Gasteiger charge is -2.21. The van der Waals surface area contributed by atoms with Gasteiger partial charge in [-0.3, -0.25) is 14.5 Å². The van der Waals surface area contributed by atoms with Gasteiger partial charge in [-0.15, -0.1) is 0 Å². The van der Waals surface area contributed by atoms with Gasteiger partial charge in [-0.25, -0.2) is 0 Å². The third-order valence-corrected chi connectivity index (χ3v) is 6.09. The summed E-state index contributed by atoms with van der Waals surface area (Å²) in [7, 11) is 0. The molecule has 8 heteroatoms. The van der Waals surface area contributed by atoms with Crippen LogP contribution in [0.15, 0.2) is 42.5 Å². The van der Waals surface area contributed by atoms with Gasteiger partial charge in [0, 0.05) is 43.1 Å². The van der Waals surface area contributed by atoms with Crippen molar-refractivity contribution in [3.63, 3.8) is 0 Å². The molecule has 2 N–H and O–H groups in total. The molecule has 1 fully saturated rings. The third kappa shape index (κ3) is 3.95. The SMILES string of the molecule is Cc1cccc(-c2n[nH]c(=S)n2CCC(=O)Nc2ccc3c(c2)OC2(CCCC2)O3)c1. The Bertz CT molecular complexity index is 1190. The van der Waals surface area contributed by atoms with Crippen LogP contribution in [0.4, 0.5) is 5.69 Å². The summed E-state index contributed by atoms with van der Waals surface area (Å²) in [6.45, 7) is 2.46. The zero-order valence-corrected chi connectivity index (χ0v) is 18.1. The summed E-state index contributed by atoms with van der Waals surface area (Å²) in [4.78, 5) is 12.6. The van der Waals surface area contributed by atoms with Crippen molar-refractivity contribution in [2.45, 2.75) is 51.4 Å². The van der Waals surface area contributed by atoms with Crippen molar-refractivity contribution in [1.29, 1.82) is 0 Å². The summed E-state index contributed by atoms with van der Waals surface area (Å²) in [6, 6.07) is 13.6. The number of carbonyl (C=O) groups excluding carboxylic acids is 1. The number of amides is 1. The molecule has 2 aromatic carbocycles. The Morgan fingerprint density at radius 3 is 2.81 bits per heavy atom. The number of hydrogen-bond acceptors (Lipinski definition) is 5. The predicted octanol–water partition coefficient (Wildman–Crippen LogP) is 4.99. The molecule has 2 heterocycles. The molecule has 1 amide bonds. The van der Waals surface area contributed by atoms with E-state index in [0.29, 0.717) is 22.8 Å². The number of benzene rings is 2. The highest BCUT2D eigenvalue weighted by Crippen LogP contribution is 2.47. The number of nitrogens with one attached hydrogen (secondary N) is 2. The lowest BCUT2D eigenvalue weighted by atomic mass is 10.1. The second-order valence-corrected chi connectivity index (χ2v) is 8.54. The standard InChI is InChI=1S/C23H24N4O3S/c1-15-5-4-6-16(13-15)21-25-26-22(31)27(21)12-9-20(28)24-17-7-8-18-19(14-17)30-23(29-18)10-2-3-11-23/h4-8,13-14H,2-3,9-12H2,1H3,(H,24,28)(H,26,31). The zero-order valence-electron chi connectivity index (χ0n) is 17.3. The van der Waals surface area contributed by atoms with E-state index >= 15 is 0 Å². The van der Waals surface area contributed by atoms with Gasteiger partial charge in [0.15, 0.2) is 22.1 Å². The van der Waals surface area contributed by atoms with Crippen LogP contribution in [0, 0.1) is 11.7 Å². The van der Waals surface area contributed by atoms with Crippen molar-refractivity contribution in [2.24, 2.45) is 0 Å². The molecule has 3 aromatic rings. The Morgan fingerprint density at radius 1 is 1.19 bits per heavy atom. The first-order valence-electron chi connectivity index (χ1n) is 10.6.